The molecule has 1 saturated heterocycles. The van der Waals surface area contributed by atoms with Gasteiger partial charge in [0.25, 0.3) is 0 Å². The minimum Gasteiger partial charge on any atom is -0.392 e. The van der Waals surface area contributed by atoms with Crippen molar-refractivity contribution in [3.8, 4) is 0 Å². The molecule has 0 spiro atoms. The van der Waals surface area contributed by atoms with Gasteiger partial charge in [0.1, 0.15) is 0 Å². The first-order valence-corrected chi connectivity index (χ1v) is 6.64. The second-order valence-electron chi connectivity index (χ2n) is 5.04. The highest BCUT2D eigenvalue weighted by atomic mass is 16.3. The van der Waals surface area contributed by atoms with Crippen molar-refractivity contribution in [2.75, 3.05) is 20.1 Å². The van der Waals surface area contributed by atoms with Crippen LogP contribution in [0.1, 0.15) is 12.0 Å². The fraction of sp³-hybridized carbons (Fsp3) is 0.500. The molecule has 0 aliphatic carbocycles. The van der Waals surface area contributed by atoms with Gasteiger partial charge in [-0.2, -0.15) is 0 Å². The Labute approximate surface area is 114 Å². The lowest BCUT2D eigenvalue weighted by atomic mass is 10.0. The number of piperidine rings is 1. The number of aliphatic hydroxyl groups excluding tert-OH is 1. The van der Waals surface area contributed by atoms with Gasteiger partial charge in [0.05, 0.1) is 6.10 Å². The molecule has 5 heteroatoms. The molecule has 104 valence electrons. The number of likely N-dealkylation sites (tertiary alicyclic amines) is 1. The molecule has 1 heterocycles. The maximum Gasteiger partial charge on any atom is 0.188 e. The summed E-state index contributed by atoms with van der Waals surface area (Å²) in [6.07, 6.45) is 0.356. The van der Waals surface area contributed by atoms with Crippen LogP contribution in [0.3, 0.4) is 0 Å². The summed E-state index contributed by atoms with van der Waals surface area (Å²) in [5, 5.41) is 23.4. The molecule has 2 atom stereocenters. The highest BCUT2D eigenvalue weighted by molar-refractivity contribution is 5.76. The van der Waals surface area contributed by atoms with E-state index in [9.17, 15) is 5.11 Å². The van der Waals surface area contributed by atoms with Crippen LogP contribution in [0.2, 0.25) is 0 Å². The Morgan fingerprint density at radius 2 is 2.11 bits per heavy atom. The summed E-state index contributed by atoms with van der Waals surface area (Å²) >= 11 is 0. The molecule has 1 aromatic rings. The van der Waals surface area contributed by atoms with Gasteiger partial charge in [-0.3, -0.25) is 10.3 Å². The molecule has 1 fully saturated rings. The molecule has 0 aromatic heterocycles. The molecule has 4 N–H and O–H groups in total. The number of hydrogen-bond donors (Lipinski definition) is 4. The number of nitrogens with one attached hydrogen (secondary N) is 3. The maximum atomic E-state index is 9.94. The number of benzene rings is 1. The van der Waals surface area contributed by atoms with Crippen molar-refractivity contribution in [3.63, 3.8) is 0 Å². The average molecular weight is 262 g/mol. The molecule has 0 bridgehead atoms. The van der Waals surface area contributed by atoms with Gasteiger partial charge in [-0.05, 0) is 12.0 Å². The minimum absolute atomic E-state index is 0.118. The molecule has 1 aromatic carbocycles. The Balaban J connectivity index is 1.92. The van der Waals surface area contributed by atoms with Gasteiger partial charge in [0.2, 0.25) is 0 Å². The first-order valence-electron chi connectivity index (χ1n) is 6.64. The van der Waals surface area contributed by atoms with Crippen molar-refractivity contribution >= 4 is 5.96 Å². The van der Waals surface area contributed by atoms with Crippen molar-refractivity contribution in [3.05, 3.63) is 35.9 Å². The summed E-state index contributed by atoms with van der Waals surface area (Å²) in [5.74, 6) is 0.304. The fourth-order valence-corrected chi connectivity index (χ4v) is 2.51. The Hall–Kier alpha value is -1.59. The normalized spacial score (nSPS) is 23.9. The Kier molecular flexibility index (Phi) is 4.76. The van der Waals surface area contributed by atoms with E-state index in [4.69, 9.17) is 5.41 Å². The Bertz CT molecular complexity index is 409. The standard InChI is InChI=1S/C14H22N4O/c1-16-14(15)17-12-7-13(19)10-18(9-12)8-11-5-3-2-4-6-11/h2-6,12-13,19H,7-10H2,1H3,(H3,15,16,17)/t12-,13+/m0/s1. The van der Waals surface area contributed by atoms with E-state index < -0.39 is 0 Å². The smallest absolute Gasteiger partial charge is 0.188 e. The lowest BCUT2D eigenvalue weighted by Crippen LogP contribution is -2.53. The highest BCUT2D eigenvalue weighted by Gasteiger charge is 2.26. The summed E-state index contributed by atoms with van der Waals surface area (Å²) in [6.45, 7) is 2.37. The van der Waals surface area contributed by atoms with Crippen molar-refractivity contribution < 1.29 is 5.11 Å². The van der Waals surface area contributed by atoms with Gasteiger partial charge in [-0.15, -0.1) is 0 Å². The molecule has 5 nitrogen and oxygen atoms in total. The van der Waals surface area contributed by atoms with Gasteiger partial charge in [0, 0.05) is 32.7 Å². The largest absolute Gasteiger partial charge is 0.392 e. The van der Waals surface area contributed by atoms with Gasteiger partial charge >= 0.3 is 0 Å². The predicted octanol–water partition coefficient (Wildman–Crippen LogP) is 0.366. The molecule has 1 aliphatic rings. The third-order valence-corrected chi connectivity index (χ3v) is 3.35. The van der Waals surface area contributed by atoms with Gasteiger partial charge in [0.15, 0.2) is 5.96 Å². The van der Waals surface area contributed by atoms with Crippen LogP contribution >= 0.6 is 0 Å². The van der Waals surface area contributed by atoms with E-state index in [-0.39, 0.29) is 12.1 Å². The SMILES string of the molecule is CNC(=N)N[C@H]1C[C@@H](O)CN(Cc2ccccc2)C1. The summed E-state index contributed by atoms with van der Waals surface area (Å²) in [6, 6.07) is 10.4. The number of aliphatic hydroxyl groups is 1. The van der Waals surface area contributed by atoms with E-state index in [1.807, 2.05) is 18.2 Å². The van der Waals surface area contributed by atoms with Crippen LogP contribution in [0, 0.1) is 5.41 Å². The molecule has 2 rings (SSSR count). The van der Waals surface area contributed by atoms with Crippen LogP contribution in [0.25, 0.3) is 0 Å². The third kappa shape index (κ3) is 4.22. The van der Waals surface area contributed by atoms with E-state index >= 15 is 0 Å². The van der Waals surface area contributed by atoms with Crippen molar-refractivity contribution in [1.82, 2.24) is 15.5 Å². The highest BCUT2D eigenvalue weighted by Crippen LogP contribution is 2.14. The van der Waals surface area contributed by atoms with Gasteiger partial charge in [-0.1, -0.05) is 30.3 Å². The van der Waals surface area contributed by atoms with Crippen LogP contribution in [-0.2, 0) is 6.54 Å². The Morgan fingerprint density at radius 3 is 2.79 bits per heavy atom. The number of guanidine groups is 1. The van der Waals surface area contributed by atoms with E-state index in [0.717, 1.165) is 13.1 Å². The third-order valence-electron chi connectivity index (χ3n) is 3.35. The predicted molar refractivity (Wildman–Crippen MR) is 76.1 cm³/mol. The topological polar surface area (TPSA) is 71.4 Å². The summed E-state index contributed by atoms with van der Waals surface area (Å²) in [4.78, 5) is 2.23. The molecule has 0 unspecified atom stereocenters. The molecular weight excluding hydrogens is 240 g/mol. The first kappa shape index (κ1) is 13.8. The molecule has 1 aliphatic heterocycles. The van der Waals surface area contributed by atoms with E-state index in [2.05, 4.69) is 27.7 Å². The Morgan fingerprint density at radius 1 is 1.37 bits per heavy atom. The average Bonchev–Trinajstić information content (AvgIpc) is 2.39. The molecule has 0 radical (unpaired) electrons. The fourth-order valence-electron chi connectivity index (χ4n) is 2.51. The van der Waals surface area contributed by atoms with Crippen LogP contribution in [0.4, 0.5) is 0 Å². The van der Waals surface area contributed by atoms with Gasteiger partial charge < -0.3 is 15.7 Å². The zero-order valence-corrected chi connectivity index (χ0v) is 11.3. The molecule has 0 saturated carbocycles. The van der Waals surface area contributed by atoms with E-state index in [0.29, 0.717) is 18.9 Å². The number of hydrogen-bond acceptors (Lipinski definition) is 3. The second kappa shape index (κ2) is 6.54. The quantitative estimate of drug-likeness (QED) is 0.469. The number of β-amino-alcohol motifs (C(OH)–C–C–N with tert-alkyl or cyclic N) is 1. The van der Waals surface area contributed by atoms with E-state index in [1.165, 1.54) is 5.56 Å². The zero-order chi connectivity index (χ0) is 13.7. The zero-order valence-electron chi connectivity index (χ0n) is 11.3. The van der Waals surface area contributed by atoms with Crippen LogP contribution in [0.5, 0.6) is 0 Å². The summed E-state index contributed by atoms with van der Waals surface area (Å²) in [7, 11) is 1.72. The molecule has 0 amide bonds. The van der Waals surface area contributed by atoms with Crippen molar-refractivity contribution in [2.45, 2.75) is 25.1 Å². The number of rotatable bonds is 3. The number of nitrogens with zero attached hydrogens (tertiary/aromatic N) is 1. The van der Waals surface area contributed by atoms with Crippen LogP contribution < -0.4 is 10.6 Å². The van der Waals surface area contributed by atoms with E-state index in [1.54, 1.807) is 7.05 Å². The summed E-state index contributed by atoms with van der Waals surface area (Å²) < 4.78 is 0. The lowest BCUT2D eigenvalue weighted by Gasteiger charge is -2.36. The monoisotopic (exact) mass is 262 g/mol. The van der Waals surface area contributed by atoms with Gasteiger partial charge in [-0.25, -0.2) is 0 Å². The lowest BCUT2D eigenvalue weighted by molar-refractivity contribution is 0.0521. The second-order valence-corrected chi connectivity index (χ2v) is 5.04. The molecule has 19 heavy (non-hydrogen) atoms. The summed E-state index contributed by atoms with van der Waals surface area (Å²) in [5.41, 5.74) is 1.25. The minimum atomic E-state index is -0.334. The maximum absolute atomic E-state index is 9.94. The van der Waals surface area contributed by atoms with Crippen molar-refractivity contribution in [2.24, 2.45) is 0 Å². The first-order chi connectivity index (χ1) is 9.17. The van der Waals surface area contributed by atoms with Crippen molar-refractivity contribution in [1.29, 1.82) is 5.41 Å². The van der Waals surface area contributed by atoms with Crippen LogP contribution in [0.15, 0.2) is 30.3 Å². The van der Waals surface area contributed by atoms with Crippen LogP contribution in [-0.4, -0.2) is 48.2 Å². The molecular formula is C14H22N4O.